The highest BCUT2D eigenvalue weighted by atomic mass is 19.1. The summed E-state index contributed by atoms with van der Waals surface area (Å²) < 4.78 is 27.8. The summed E-state index contributed by atoms with van der Waals surface area (Å²) in [5, 5.41) is 0. The maximum Gasteiger partial charge on any atom is 0.126 e. The quantitative estimate of drug-likeness (QED) is 0.667. The minimum atomic E-state index is -1.05. The topological polar surface area (TPSA) is 0 Å². The highest BCUT2D eigenvalue weighted by Crippen LogP contribution is 2.40. The van der Waals surface area contributed by atoms with E-state index in [-0.39, 0.29) is 11.7 Å². The lowest BCUT2D eigenvalue weighted by Crippen LogP contribution is -2.25. The Kier molecular flexibility index (Phi) is 3.74. The van der Waals surface area contributed by atoms with Crippen molar-refractivity contribution < 1.29 is 8.78 Å². The predicted molar refractivity (Wildman–Crippen MR) is 71.2 cm³/mol. The Bertz CT molecular complexity index is 411. The summed E-state index contributed by atoms with van der Waals surface area (Å²) >= 11 is 0. The molecule has 0 radical (unpaired) electrons. The first kappa shape index (κ1) is 13.5. The summed E-state index contributed by atoms with van der Waals surface area (Å²) in [5.41, 5.74) is 0.752. The van der Waals surface area contributed by atoms with E-state index in [9.17, 15) is 8.78 Å². The van der Waals surface area contributed by atoms with Crippen molar-refractivity contribution in [2.45, 2.75) is 64.0 Å². The molecule has 0 heterocycles. The molecule has 0 aromatic heterocycles. The molecule has 0 spiro atoms. The van der Waals surface area contributed by atoms with Crippen LogP contribution < -0.4 is 0 Å². The number of hydrogen-bond donors (Lipinski definition) is 0. The third-order valence-electron chi connectivity index (χ3n) is 4.16. The summed E-state index contributed by atoms with van der Waals surface area (Å²) in [6.07, 6.45) is 2.60. The molecule has 0 nitrogen and oxygen atoms in total. The highest BCUT2D eigenvalue weighted by Gasteiger charge is 2.32. The number of alkyl halides is 1. The fraction of sp³-hybridized carbons (Fsp3) is 0.625. The molecule has 100 valence electrons. The van der Waals surface area contributed by atoms with Gasteiger partial charge in [-0.3, -0.25) is 0 Å². The predicted octanol–water partition coefficient (Wildman–Crippen LogP) is 5.33. The number of halogens is 2. The maximum absolute atomic E-state index is 14.1. The van der Waals surface area contributed by atoms with E-state index < -0.39 is 5.67 Å². The molecular formula is C16H22F2. The molecule has 0 bridgehead atoms. The van der Waals surface area contributed by atoms with Crippen LogP contribution in [0.15, 0.2) is 18.2 Å². The van der Waals surface area contributed by atoms with E-state index in [1.54, 1.807) is 13.0 Å². The van der Waals surface area contributed by atoms with E-state index in [4.69, 9.17) is 0 Å². The average Bonchev–Trinajstić information content (AvgIpc) is 2.29. The Labute approximate surface area is 108 Å². The molecule has 0 amide bonds. The first-order valence-electron chi connectivity index (χ1n) is 6.87. The van der Waals surface area contributed by atoms with Crippen molar-refractivity contribution in [2.75, 3.05) is 0 Å². The normalized spacial score (nSPS) is 28.7. The second-order valence-electron chi connectivity index (χ2n) is 6.12. The third-order valence-corrected chi connectivity index (χ3v) is 4.16. The van der Waals surface area contributed by atoms with E-state index in [2.05, 4.69) is 13.8 Å². The number of hydrogen-bond acceptors (Lipinski definition) is 0. The molecule has 18 heavy (non-hydrogen) atoms. The maximum atomic E-state index is 14.1. The van der Waals surface area contributed by atoms with Gasteiger partial charge in [-0.2, -0.15) is 0 Å². The SMILES string of the molecule is CC(C)c1ccc(C2CCC(C)(F)CC2)c(F)c1. The Morgan fingerprint density at radius 3 is 2.33 bits per heavy atom. The van der Waals surface area contributed by atoms with Crippen molar-refractivity contribution >= 4 is 0 Å². The molecular weight excluding hydrogens is 230 g/mol. The van der Waals surface area contributed by atoms with Gasteiger partial charge in [-0.05, 0) is 61.6 Å². The van der Waals surface area contributed by atoms with Gasteiger partial charge in [0, 0.05) is 0 Å². The van der Waals surface area contributed by atoms with Gasteiger partial charge in [0.1, 0.15) is 11.5 Å². The summed E-state index contributed by atoms with van der Waals surface area (Å²) in [6.45, 7) is 5.77. The van der Waals surface area contributed by atoms with Gasteiger partial charge in [-0.15, -0.1) is 0 Å². The van der Waals surface area contributed by atoms with Crippen molar-refractivity contribution in [3.63, 3.8) is 0 Å². The zero-order valence-corrected chi connectivity index (χ0v) is 11.5. The lowest BCUT2D eigenvalue weighted by atomic mass is 9.77. The average molecular weight is 252 g/mol. The third kappa shape index (κ3) is 2.90. The lowest BCUT2D eigenvalue weighted by molar-refractivity contribution is 0.119. The van der Waals surface area contributed by atoms with Gasteiger partial charge >= 0.3 is 0 Å². The number of rotatable bonds is 2. The molecule has 1 aromatic rings. The summed E-state index contributed by atoms with van der Waals surface area (Å²) in [6, 6.07) is 5.55. The molecule has 2 heteroatoms. The van der Waals surface area contributed by atoms with Gasteiger partial charge < -0.3 is 0 Å². The first-order valence-corrected chi connectivity index (χ1v) is 6.87. The molecule has 1 aliphatic rings. The van der Waals surface area contributed by atoms with Gasteiger partial charge in [0.25, 0.3) is 0 Å². The lowest BCUT2D eigenvalue weighted by Gasteiger charge is -2.31. The van der Waals surface area contributed by atoms with Gasteiger partial charge in [0.2, 0.25) is 0 Å². The van der Waals surface area contributed by atoms with E-state index in [1.165, 1.54) is 0 Å². The Morgan fingerprint density at radius 1 is 1.22 bits per heavy atom. The van der Waals surface area contributed by atoms with Crippen LogP contribution in [0.25, 0.3) is 0 Å². The smallest absolute Gasteiger partial charge is 0.126 e. The van der Waals surface area contributed by atoms with Gasteiger partial charge in [-0.25, -0.2) is 8.78 Å². The molecule has 1 aliphatic carbocycles. The zero-order valence-electron chi connectivity index (χ0n) is 11.5. The van der Waals surface area contributed by atoms with E-state index >= 15 is 0 Å². The molecule has 0 atom stereocenters. The largest absolute Gasteiger partial charge is 0.244 e. The van der Waals surface area contributed by atoms with Crippen LogP contribution in [-0.4, -0.2) is 5.67 Å². The Morgan fingerprint density at radius 2 is 1.83 bits per heavy atom. The van der Waals surface area contributed by atoms with Crippen LogP contribution in [0.2, 0.25) is 0 Å². The van der Waals surface area contributed by atoms with E-state index in [1.807, 2.05) is 12.1 Å². The molecule has 0 saturated heterocycles. The van der Waals surface area contributed by atoms with Crippen LogP contribution in [0.4, 0.5) is 8.78 Å². The minimum Gasteiger partial charge on any atom is -0.244 e. The van der Waals surface area contributed by atoms with Crippen LogP contribution in [-0.2, 0) is 0 Å². The fourth-order valence-electron chi connectivity index (χ4n) is 2.76. The molecule has 1 fully saturated rings. The van der Waals surface area contributed by atoms with Crippen LogP contribution in [0.5, 0.6) is 0 Å². The van der Waals surface area contributed by atoms with E-state index in [0.717, 1.165) is 24.0 Å². The fourth-order valence-corrected chi connectivity index (χ4v) is 2.76. The van der Waals surface area contributed by atoms with Crippen LogP contribution in [0.1, 0.15) is 69.4 Å². The second-order valence-corrected chi connectivity index (χ2v) is 6.12. The first-order chi connectivity index (χ1) is 8.39. The van der Waals surface area contributed by atoms with Gasteiger partial charge in [0.05, 0.1) is 0 Å². The molecule has 0 aliphatic heterocycles. The van der Waals surface area contributed by atoms with Gasteiger partial charge in [0.15, 0.2) is 0 Å². The summed E-state index contributed by atoms with van der Waals surface area (Å²) in [5.74, 6) is 0.415. The molecule has 1 aromatic carbocycles. The molecule has 0 unspecified atom stereocenters. The van der Waals surface area contributed by atoms with Crippen LogP contribution in [0, 0.1) is 5.82 Å². The van der Waals surface area contributed by atoms with Crippen molar-refractivity contribution in [1.29, 1.82) is 0 Å². The molecule has 0 N–H and O–H groups in total. The van der Waals surface area contributed by atoms with Crippen molar-refractivity contribution in [3.8, 4) is 0 Å². The molecule has 1 saturated carbocycles. The van der Waals surface area contributed by atoms with Crippen LogP contribution in [0.3, 0.4) is 0 Å². The van der Waals surface area contributed by atoms with Crippen molar-refractivity contribution in [2.24, 2.45) is 0 Å². The summed E-state index contributed by atoms with van der Waals surface area (Å²) in [4.78, 5) is 0. The zero-order chi connectivity index (χ0) is 13.3. The number of benzene rings is 1. The minimum absolute atomic E-state index is 0.117. The summed E-state index contributed by atoms with van der Waals surface area (Å²) in [7, 11) is 0. The highest BCUT2D eigenvalue weighted by molar-refractivity contribution is 5.29. The standard InChI is InChI=1S/C16H22F2/c1-11(2)13-4-5-14(15(17)10-13)12-6-8-16(3,18)9-7-12/h4-5,10-12H,6-9H2,1-3H3. The Balaban J connectivity index is 2.15. The monoisotopic (exact) mass is 252 g/mol. The second kappa shape index (κ2) is 4.99. The van der Waals surface area contributed by atoms with Crippen molar-refractivity contribution in [1.82, 2.24) is 0 Å². The van der Waals surface area contributed by atoms with Crippen LogP contribution >= 0.6 is 0 Å². The Hall–Kier alpha value is -0.920. The van der Waals surface area contributed by atoms with E-state index in [0.29, 0.717) is 18.8 Å². The van der Waals surface area contributed by atoms with Crippen molar-refractivity contribution in [3.05, 3.63) is 35.1 Å². The van der Waals surface area contributed by atoms with Gasteiger partial charge in [-0.1, -0.05) is 26.0 Å². The molecule has 2 rings (SSSR count).